The van der Waals surface area contributed by atoms with E-state index in [9.17, 15) is 0 Å². The summed E-state index contributed by atoms with van der Waals surface area (Å²) in [6.07, 6.45) is 6.71. The molecule has 1 aliphatic heterocycles. The van der Waals surface area contributed by atoms with Gasteiger partial charge in [-0.15, -0.1) is 0 Å². The molecule has 1 aromatic heterocycles. The van der Waals surface area contributed by atoms with Crippen molar-refractivity contribution in [1.82, 2.24) is 15.3 Å². The smallest absolute Gasteiger partial charge is 0.131 e. The maximum Gasteiger partial charge on any atom is 0.131 e. The van der Waals surface area contributed by atoms with Gasteiger partial charge in [-0.3, -0.25) is 0 Å². The lowest BCUT2D eigenvalue weighted by atomic mass is 10.2. The van der Waals surface area contributed by atoms with Crippen molar-refractivity contribution in [3.63, 3.8) is 0 Å². The molecule has 0 amide bonds. The Morgan fingerprint density at radius 1 is 1.71 bits per heavy atom. The number of hydrogen-bond acceptors (Lipinski definition) is 3. The van der Waals surface area contributed by atoms with E-state index in [0.29, 0.717) is 0 Å². The summed E-state index contributed by atoms with van der Waals surface area (Å²) in [5, 5.41) is 3.34. The zero-order valence-corrected chi connectivity index (χ0v) is 8.29. The summed E-state index contributed by atoms with van der Waals surface area (Å²) in [7, 11) is 0. The quantitative estimate of drug-likeness (QED) is 0.759. The minimum Gasteiger partial charge on any atom is -0.496 e. The molecule has 4 heteroatoms. The van der Waals surface area contributed by atoms with Crippen molar-refractivity contribution in [2.45, 2.75) is 19.4 Å². The number of likely N-dealkylation sites (N-methyl/N-ethyl adjacent to an activating group) is 1. The second-order valence-corrected chi connectivity index (χ2v) is 3.21. The number of imidazole rings is 1. The highest BCUT2D eigenvalue weighted by atomic mass is 16.5. The molecule has 2 rings (SSSR count). The van der Waals surface area contributed by atoms with Gasteiger partial charge in [0.05, 0.1) is 6.61 Å². The number of nitrogens with one attached hydrogen (secondary N) is 2. The van der Waals surface area contributed by atoms with Gasteiger partial charge in [0.25, 0.3) is 0 Å². The highest BCUT2D eigenvalue weighted by molar-refractivity contribution is 5.14. The molecule has 0 aromatic carbocycles. The van der Waals surface area contributed by atoms with Crippen LogP contribution in [-0.2, 0) is 4.74 Å². The molecule has 1 atom stereocenters. The molecule has 1 unspecified atom stereocenters. The molecule has 0 aliphatic carbocycles. The van der Waals surface area contributed by atoms with Crippen molar-refractivity contribution in [2.75, 3.05) is 13.2 Å². The predicted octanol–water partition coefficient (Wildman–Crippen LogP) is 1.36. The molecule has 76 valence electrons. The van der Waals surface area contributed by atoms with Crippen LogP contribution in [0.2, 0.25) is 0 Å². The third-order valence-corrected chi connectivity index (χ3v) is 2.22. The van der Waals surface area contributed by atoms with Gasteiger partial charge in [-0.1, -0.05) is 6.92 Å². The van der Waals surface area contributed by atoms with Crippen LogP contribution in [0.3, 0.4) is 0 Å². The fourth-order valence-electron chi connectivity index (χ4n) is 1.61. The van der Waals surface area contributed by atoms with Crippen LogP contribution in [0.1, 0.15) is 25.2 Å². The molecular weight excluding hydrogens is 178 g/mol. The molecule has 0 fully saturated rings. The molecule has 0 radical (unpaired) electrons. The van der Waals surface area contributed by atoms with Crippen molar-refractivity contribution in [3.05, 3.63) is 30.1 Å². The number of aromatic amines is 1. The average molecular weight is 193 g/mol. The number of ether oxygens (including phenoxy) is 1. The number of hydrogen-bond donors (Lipinski definition) is 2. The van der Waals surface area contributed by atoms with Crippen molar-refractivity contribution in [3.8, 4) is 0 Å². The maximum atomic E-state index is 5.53. The van der Waals surface area contributed by atoms with E-state index in [1.807, 2.05) is 6.20 Å². The lowest BCUT2D eigenvalue weighted by Gasteiger charge is -2.16. The van der Waals surface area contributed by atoms with Gasteiger partial charge in [0.2, 0.25) is 0 Å². The number of H-pyrrole nitrogens is 1. The minimum atomic E-state index is 0.0810. The Kier molecular flexibility index (Phi) is 2.84. The van der Waals surface area contributed by atoms with Gasteiger partial charge in [-0.2, -0.15) is 0 Å². The highest BCUT2D eigenvalue weighted by Gasteiger charge is 2.21. The SMILES string of the molecule is CCNC(C1=CCCO1)c1ncc[nH]1. The molecule has 0 saturated heterocycles. The summed E-state index contributed by atoms with van der Waals surface area (Å²) >= 11 is 0. The number of aromatic nitrogens is 2. The Balaban J connectivity index is 2.15. The van der Waals surface area contributed by atoms with Gasteiger partial charge in [-0.05, 0) is 12.6 Å². The van der Waals surface area contributed by atoms with Gasteiger partial charge >= 0.3 is 0 Å². The monoisotopic (exact) mass is 193 g/mol. The minimum absolute atomic E-state index is 0.0810. The number of rotatable bonds is 4. The molecule has 2 N–H and O–H groups in total. The molecule has 14 heavy (non-hydrogen) atoms. The lowest BCUT2D eigenvalue weighted by molar-refractivity contribution is 0.214. The standard InChI is InChI=1S/C10H15N3O/c1-2-11-9(8-4-3-7-14-8)10-12-5-6-13-10/h4-6,9,11H,2-3,7H2,1H3,(H,12,13). The molecular formula is C10H15N3O. The van der Waals surface area contributed by atoms with Crippen molar-refractivity contribution >= 4 is 0 Å². The molecule has 0 saturated carbocycles. The Morgan fingerprint density at radius 2 is 2.64 bits per heavy atom. The lowest BCUT2D eigenvalue weighted by Crippen LogP contribution is -2.24. The topological polar surface area (TPSA) is 49.9 Å². The Bertz CT molecular complexity index is 305. The summed E-state index contributed by atoms with van der Waals surface area (Å²) in [6.45, 7) is 3.76. The third kappa shape index (κ3) is 1.80. The molecule has 0 bridgehead atoms. The summed E-state index contributed by atoms with van der Waals surface area (Å²) in [5.41, 5.74) is 0. The van der Waals surface area contributed by atoms with Crippen molar-refractivity contribution in [1.29, 1.82) is 0 Å². The third-order valence-electron chi connectivity index (χ3n) is 2.22. The second-order valence-electron chi connectivity index (χ2n) is 3.21. The van der Waals surface area contributed by atoms with Gasteiger partial charge in [0.1, 0.15) is 17.6 Å². The van der Waals surface area contributed by atoms with E-state index in [1.165, 1.54) is 0 Å². The summed E-state index contributed by atoms with van der Waals surface area (Å²) in [6, 6.07) is 0.0810. The van der Waals surface area contributed by atoms with E-state index < -0.39 is 0 Å². The normalized spacial score (nSPS) is 17.6. The van der Waals surface area contributed by atoms with Gasteiger partial charge in [-0.25, -0.2) is 4.98 Å². The fourth-order valence-corrected chi connectivity index (χ4v) is 1.61. The highest BCUT2D eigenvalue weighted by Crippen LogP contribution is 2.23. The van der Waals surface area contributed by atoms with Crippen LogP contribution < -0.4 is 5.32 Å². The van der Waals surface area contributed by atoms with E-state index in [2.05, 4.69) is 28.3 Å². The first kappa shape index (κ1) is 9.27. The first-order chi connectivity index (χ1) is 6.92. The molecule has 4 nitrogen and oxygen atoms in total. The number of nitrogens with zero attached hydrogens (tertiary/aromatic N) is 1. The zero-order valence-electron chi connectivity index (χ0n) is 8.29. The Labute approximate surface area is 83.4 Å². The molecule has 1 aliphatic rings. The van der Waals surface area contributed by atoms with Crippen LogP contribution in [0, 0.1) is 0 Å². The van der Waals surface area contributed by atoms with Gasteiger partial charge in [0.15, 0.2) is 0 Å². The largest absolute Gasteiger partial charge is 0.496 e. The van der Waals surface area contributed by atoms with Crippen molar-refractivity contribution < 1.29 is 4.74 Å². The zero-order chi connectivity index (χ0) is 9.80. The summed E-state index contributed by atoms with van der Waals surface area (Å²) in [4.78, 5) is 7.35. The maximum absolute atomic E-state index is 5.53. The second kappa shape index (κ2) is 4.28. The van der Waals surface area contributed by atoms with E-state index >= 15 is 0 Å². The van der Waals surface area contributed by atoms with E-state index in [1.54, 1.807) is 6.20 Å². The van der Waals surface area contributed by atoms with Crippen LogP contribution in [0.4, 0.5) is 0 Å². The average Bonchev–Trinajstić information content (AvgIpc) is 2.87. The van der Waals surface area contributed by atoms with E-state index in [4.69, 9.17) is 4.74 Å². The van der Waals surface area contributed by atoms with Gasteiger partial charge < -0.3 is 15.0 Å². The van der Waals surface area contributed by atoms with Crippen LogP contribution in [-0.4, -0.2) is 23.1 Å². The van der Waals surface area contributed by atoms with E-state index in [-0.39, 0.29) is 6.04 Å². The summed E-state index contributed by atoms with van der Waals surface area (Å²) < 4.78 is 5.53. The molecule has 2 heterocycles. The fraction of sp³-hybridized carbons (Fsp3) is 0.500. The van der Waals surface area contributed by atoms with Crippen LogP contribution in [0.25, 0.3) is 0 Å². The van der Waals surface area contributed by atoms with Crippen LogP contribution in [0.5, 0.6) is 0 Å². The molecule has 1 aromatic rings. The van der Waals surface area contributed by atoms with Crippen molar-refractivity contribution in [2.24, 2.45) is 0 Å². The van der Waals surface area contributed by atoms with E-state index in [0.717, 1.165) is 31.2 Å². The predicted molar refractivity (Wildman–Crippen MR) is 53.7 cm³/mol. The summed E-state index contributed by atoms with van der Waals surface area (Å²) in [5.74, 6) is 1.90. The molecule has 0 spiro atoms. The van der Waals surface area contributed by atoms with Crippen LogP contribution in [0.15, 0.2) is 24.2 Å². The van der Waals surface area contributed by atoms with Crippen LogP contribution >= 0.6 is 0 Å². The Hall–Kier alpha value is -1.29. The Morgan fingerprint density at radius 3 is 3.21 bits per heavy atom. The van der Waals surface area contributed by atoms with Gasteiger partial charge in [0, 0.05) is 18.8 Å². The first-order valence-electron chi connectivity index (χ1n) is 4.97. The first-order valence-corrected chi connectivity index (χ1v) is 4.97.